The number of anilines is 1. The van der Waals surface area contributed by atoms with Gasteiger partial charge in [0.25, 0.3) is 5.56 Å². The summed E-state index contributed by atoms with van der Waals surface area (Å²) in [6.07, 6.45) is 0.810. The second kappa shape index (κ2) is 8.38. The van der Waals surface area contributed by atoms with Crippen molar-refractivity contribution in [2.45, 2.75) is 25.0 Å². The van der Waals surface area contributed by atoms with Gasteiger partial charge >= 0.3 is 0 Å². The van der Waals surface area contributed by atoms with Gasteiger partial charge in [-0.1, -0.05) is 42.4 Å². The molecule has 0 atom stereocenters. The number of halogens is 1. The zero-order valence-corrected chi connectivity index (χ0v) is 15.8. The lowest BCUT2D eigenvalue weighted by Gasteiger charge is -2.12. The highest BCUT2D eigenvalue weighted by atomic mass is 35.5. The predicted octanol–water partition coefficient (Wildman–Crippen LogP) is 4.19. The number of amides is 1. The molecule has 3 rings (SSSR count). The molecule has 0 bridgehead atoms. The summed E-state index contributed by atoms with van der Waals surface area (Å²) < 4.78 is 1.64. The summed E-state index contributed by atoms with van der Waals surface area (Å²) in [7, 11) is 0. The average molecular weight is 388 g/mol. The molecule has 1 amide bonds. The molecule has 0 radical (unpaired) electrons. The summed E-state index contributed by atoms with van der Waals surface area (Å²) >= 11 is 7.10. The summed E-state index contributed by atoms with van der Waals surface area (Å²) in [6, 6.07) is 14.2. The third-order valence-electron chi connectivity index (χ3n) is 3.73. The Morgan fingerprint density at radius 2 is 1.92 bits per heavy atom. The number of hydrogen-bond donors (Lipinski definition) is 1. The molecule has 0 fully saturated rings. The number of nitrogens with one attached hydrogen (secondary N) is 1. The largest absolute Gasteiger partial charge is 0.325 e. The molecule has 0 aliphatic rings. The number of aromatic nitrogens is 2. The fraction of sp³-hybridized carbons (Fsp3) is 0.211. The van der Waals surface area contributed by atoms with Crippen LogP contribution in [0, 0.1) is 0 Å². The Morgan fingerprint density at radius 1 is 1.19 bits per heavy atom. The highest BCUT2D eigenvalue weighted by molar-refractivity contribution is 7.99. The van der Waals surface area contributed by atoms with Crippen molar-refractivity contribution in [3.05, 3.63) is 63.9 Å². The van der Waals surface area contributed by atoms with Crippen LogP contribution in [-0.4, -0.2) is 21.2 Å². The highest BCUT2D eigenvalue weighted by Gasteiger charge is 2.12. The van der Waals surface area contributed by atoms with E-state index in [0.29, 0.717) is 33.3 Å². The molecule has 0 spiro atoms. The number of hydrogen-bond acceptors (Lipinski definition) is 4. The van der Waals surface area contributed by atoms with E-state index in [1.165, 1.54) is 11.8 Å². The number of carbonyl (C=O) groups is 1. The van der Waals surface area contributed by atoms with Crippen molar-refractivity contribution in [3.8, 4) is 0 Å². The predicted molar refractivity (Wildman–Crippen MR) is 107 cm³/mol. The number of benzene rings is 2. The average Bonchev–Trinajstić information content (AvgIpc) is 2.64. The monoisotopic (exact) mass is 387 g/mol. The van der Waals surface area contributed by atoms with E-state index in [9.17, 15) is 9.59 Å². The fourth-order valence-electron chi connectivity index (χ4n) is 2.54. The number of para-hydroxylation sites is 1. The summed E-state index contributed by atoms with van der Waals surface area (Å²) in [5, 5.41) is 4.57. The smallest absolute Gasteiger partial charge is 0.262 e. The Morgan fingerprint density at radius 3 is 2.65 bits per heavy atom. The van der Waals surface area contributed by atoms with Crippen LogP contribution in [0.2, 0.25) is 5.02 Å². The van der Waals surface area contributed by atoms with Crippen molar-refractivity contribution >= 4 is 45.9 Å². The third-order valence-corrected chi connectivity index (χ3v) is 4.96. The van der Waals surface area contributed by atoms with Crippen molar-refractivity contribution in [2.75, 3.05) is 11.1 Å². The van der Waals surface area contributed by atoms with Gasteiger partial charge in [0, 0.05) is 17.3 Å². The number of fused-ring (bicyclic) bond motifs is 1. The van der Waals surface area contributed by atoms with Gasteiger partial charge in [-0.25, -0.2) is 4.98 Å². The first-order chi connectivity index (χ1) is 12.6. The Balaban J connectivity index is 1.79. The number of nitrogens with zero attached hydrogens (tertiary/aromatic N) is 2. The quantitative estimate of drug-likeness (QED) is 0.508. The molecule has 0 saturated heterocycles. The maximum Gasteiger partial charge on any atom is 0.262 e. The number of rotatable bonds is 6. The minimum Gasteiger partial charge on any atom is -0.325 e. The lowest BCUT2D eigenvalue weighted by atomic mass is 10.2. The van der Waals surface area contributed by atoms with Crippen molar-refractivity contribution in [1.29, 1.82) is 0 Å². The molecule has 0 aliphatic heterocycles. The molecule has 3 aromatic rings. The second-order valence-electron chi connectivity index (χ2n) is 5.71. The van der Waals surface area contributed by atoms with Crippen molar-refractivity contribution < 1.29 is 4.79 Å². The molecule has 26 heavy (non-hydrogen) atoms. The van der Waals surface area contributed by atoms with E-state index in [2.05, 4.69) is 10.3 Å². The first kappa shape index (κ1) is 18.5. The Kier molecular flexibility index (Phi) is 5.96. The second-order valence-corrected chi connectivity index (χ2v) is 7.09. The molecular formula is C19H18ClN3O2S. The van der Waals surface area contributed by atoms with Gasteiger partial charge in [0.05, 0.1) is 16.7 Å². The van der Waals surface area contributed by atoms with Gasteiger partial charge in [0.2, 0.25) is 5.91 Å². The van der Waals surface area contributed by atoms with Crippen LogP contribution in [0.15, 0.2) is 58.5 Å². The van der Waals surface area contributed by atoms with E-state index in [4.69, 9.17) is 11.6 Å². The fourth-order valence-corrected chi connectivity index (χ4v) is 3.49. The van der Waals surface area contributed by atoms with Gasteiger partial charge in [-0.15, -0.1) is 0 Å². The maximum atomic E-state index is 12.7. The molecule has 0 unspecified atom stereocenters. The molecule has 134 valence electrons. The normalized spacial score (nSPS) is 10.8. The SMILES string of the molecule is CCCn1c(SCC(=O)Nc2ccc(Cl)cc2)nc2ccccc2c1=O. The molecule has 1 N–H and O–H groups in total. The van der Waals surface area contributed by atoms with E-state index in [-0.39, 0.29) is 17.2 Å². The van der Waals surface area contributed by atoms with Gasteiger partial charge in [0.1, 0.15) is 0 Å². The first-order valence-electron chi connectivity index (χ1n) is 8.26. The number of carbonyl (C=O) groups excluding carboxylic acids is 1. The van der Waals surface area contributed by atoms with Crippen molar-refractivity contribution in [2.24, 2.45) is 0 Å². The Labute approximate surface area is 160 Å². The molecule has 1 heterocycles. The molecule has 2 aromatic carbocycles. The lowest BCUT2D eigenvalue weighted by molar-refractivity contribution is -0.113. The molecule has 1 aromatic heterocycles. The van der Waals surface area contributed by atoms with Crippen LogP contribution < -0.4 is 10.9 Å². The first-order valence-corrected chi connectivity index (χ1v) is 9.62. The molecule has 5 nitrogen and oxygen atoms in total. The topological polar surface area (TPSA) is 64.0 Å². The van der Waals surface area contributed by atoms with Crippen LogP contribution in [-0.2, 0) is 11.3 Å². The van der Waals surface area contributed by atoms with E-state index < -0.39 is 0 Å². The van der Waals surface area contributed by atoms with Crippen LogP contribution in [0.1, 0.15) is 13.3 Å². The lowest BCUT2D eigenvalue weighted by Crippen LogP contribution is -2.24. The zero-order chi connectivity index (χ0) is 18.5. The van der Waals surface area contributed by atoms with Crippen LogP contribution in [0.25, 0.3) is 10.9 Å². The third kappa shape index (κ3) is 4.26. The van der Waals surface area contributed by atoms with Gasteiger partial charge in [-0.05, 0) is 42.8 Å². The van der Waals surface area contributed by atoms with E-state index >= 15 is 0 Å². The summed E-state index contributed by atoms with van der Waals surface area (Å²) in [6.45, 7) is 2.57. The highest BCUT2D eigenvalue weighted by Crippen LogP contribution is 2.19. The van der Waals surface area contributed by atoms with Gasteiger partial charge in [0.15, 0.2) is 5.16 Å². The standard InChI is InChI=1S/C19H18ClN3O2S/c1-2-11-23-18(25)15-5-3-4-6-16(15)22-19(23)26-12-17(24)21-14-9-7-13(20)8-10-14/h3-10H,2,11-12H2,1H3,(H,21,24). The maximum absolute atomic E-state index is 12.7. The van der Waals surface area contributed by atoms with E-state index in [0.717, 1.165) is 6.42 Å². The summed E-state index contributed by atoms with van der Waals surface area (Å²) in [5.74, 6) is -0.000283. The van der Waals surface area contributed by atoms with Gasteiger partial charge < -0.3 is 5.32 Å². The van der Waals surface area contributed by atoms with Crippen molar-refractivity contribution in [1.82, 2.24) is 9.55 Å². The van der Waals surface area contributed by atoms with Crippen molar-refractivity contribution in [3.63, 3.8) is 0 Å². The van der Waals surface area contributed by atoms with Gasteiger partial charge in [-0.2, -0.15) is 0 Å². The van der Waals surface area contributed by atoms with Gasteiger partial charge in [-0.3, -0.25) is 14.2 Å². The van der Waals surface area contributed by atoms with Crippen LogP contribution in [0.3, 0.4) is 0 Å². The van der Waals surface area contributed by atoms with Crippen LogP contribution in [0.5, 0.6) is 0 Å². The van der Waals surface area contributed by atoms with Crippen LogP contribution >= 0.6 is 23.4 Å². The molecular weight excluding hydrogens is 370 g/mol. The minimum atomic E-state index is -0.164. The Bertz CT molecular complexity index is 986. The Hall–Kier alpha value is -2.31. The summed E-state index contributed by atoms with van der Waals surface area (Å²) in [5.41, 5.74) is 1.25. The molecule has 7 heteroatoms. The number of thioether (sulfide) groups is 1. The van der Waals surface area contributed by atoms with E-state index in [1.807, 2.05) is 25.1 Å². The minimum absolute atomic E-state index is 0.0712. The van der Waals surface area contributed by atoms with E-state index in [1.54, 1.807) is 34.9 Å². The zero-order valence-electron chi connectivity index (χ0n) is 14.2. The molecule has 0 saturated carbocycles. The summed E-state index contributed by atoms with van der Waals surface area (Å²) in [4.78, 5) is 29.5. The van der Waals surface area contributed by atoms with Crippen LogP contribution in [0.4, 0.5) is 5.69 Å². The molecule has 0 aliphatic carbocycles.